The van der Waals surface area contributed by atoms with Crippen molar-refractivity contribution < 1.29 is 43.7 Å². The van der Waals surface area contributed by atoms with Crippen molar-refractivity contribution in [3.8, 4) is 5.75 Å². The summed E-state index contributed by atoms with van der Waals surface area (Å²) in [4.78, 5) is 27.1. The SMILES string of the molecule is O=C(C=Nc1ccccc1[S-])c1ccco1.O=C(O)c1ccccc1Nc1ccccc1O.[Zn]. The average molecular weight is 525 g/mol. The van der Waals surface area contributed by atoms with E-state index in [1.165, 1.54) is 24.6 Å². The van der Waals surface area contributed by atoms with Crippen LogP contribution in [-0.2, 0) is 32.1 Å². The quantitative estimate of drug-likeness (QED) is 0.0989. The monoisotopic (exact) mass is 523 g/mol. The number of hydrogen-bond acceptors (Lipinski definition) is 7. The van der Waals surface area contributed by atoms with Crippen LogP contribution in [0.1, 0.15) is 20.9 Å². The number of nitrogens with one attached hydrogen (secondary N) is 1. The third kappa shape index (κ3) is 7.37. The Morgan fingerprint density at radius 3 is 2.18 bits per heavy atom. The van der Waals surface area contributed by atoms with E-state index in [2.05, 4.69) is 10.3 Å². The third-order valence-corrected chi connectivity index (χ3v) is 4.63. The fraction of sp³-hybridized carbons (Fsp3) is 0. The Morgan fingerprint density at radius 2 is 1.53 bits per heavy atom. The van der Waals surface area contributed by atoms with Gasteiger partial charge < -0.3 is 32.6 Å². The Bertz CT molecular complexity index is 1280. The van der Waals surface area contributed by atoms with Crippen molar-refractivity contribution in [1.29, 1.82) is 0 Å². The van der Waals surface area contributed by atoms with Crippen LogP contribution < -0.4 is 5.32 Å². The Kier molecular flexibility index (Phi) is 10.1. The average Bonchev–Trinajstić information content (AvgIpc) is 3.36. The second-order valence-corrected chi connectivity index (χ2v) is 7.00. The standard InChI is InChI=1S/C13H11NO3.C12H9NO2S.Zn/c15-12-8-4-3-7-11(12)14-10-6-2-1-5-9(10)13(16)17;14-10(11-5-3-7-15-11)8-13-9-4-1-2-6-12(9)16;/h1-8,14-15H,(H,16,17);1-8,16H;/p-1. The summed E-state index contributed by atoms with van der Waals surface area (Å²) in [6.07, 6.45) is 2.66. The minimum absolute atomic E-state index is 0. The number of aliphatic imine (C=N–C) groups is 1. The molecule has 0 aliphatic carbocycles. The van der Waals surface area contributed by atoms with E-state index in [9.17, 15) is 14.7 Å². The molecule has 7 nitrogen and oxygen atoms in total. The predicted molar refractivity (Wildman–Crippen MR) is 128 cm³/mol. The zero-order chi connectivity index (χ0) is 23.6. The molecule has 0 amide bonds. The van der Waals surface area contributed by atoms with Gasteiger partial charge in [-0.3, -0.25) is 9.79 Å². The number of furan rings is 1. The number of aromatic hydroxyl groups is 1. The van der Waals surface area contributed by atoms with Gasteiger partial charge in [0.2, 0.25) is 5.78 Å². The molecular weight excluding hydrogens is 506 g/mol. The van der Waals surface area contributed by atoms with Crippen molar-refractivity contribution in [3.63, 3.8) is 0 Å². The molecule has 4 aromatic rings. The largest absolute Gasteiger partial charge is 0.778 e. The maximum absolute atomic E-state index is 11.5. The van der Waals surface area contributed by atoms with Crippen molar-refractivity contribution in [2.45, 2.75) is 4.90 Å². The van der Waals surface area contributed by atoms with E-state index in [1.54, 1.807) is 60.7 Å². The van der Waals surface area contributed by atoms with Gasteiger partial charge in [-0.15, -0.1) is 4.90 Å². The molecule has 0 radical (unpaired) electrons. The topological polar surface area (TPSA) is 112 Å². The van der Waals surface area contributed by atoms with E-state index in [1.807, 2.05) is 12.1 Å². The van der Waals surface area contributed by atoms with Crippen LogP contribution >= 0.6 is 0 Å². The van der Waals surface area contributed by atoms with Crippen molar-refractivity contribution in [2.75, 3.05) is 5.32 Å². The number of carbonyl (C=O) groups is 2. The number of hydrogen-bond donors (Lipinski definition) is 3. The molecule has 9 heteroatoms. The smallest absolute Gasteiger partial charge is 0.337 e. The molecule has 1 heterocycles. The molecule has 3 aromatic carbocycles. The number of ketones is 1. The molecule has 0 spiro atoms. The zero-order valence-corrected chi connectivity index (χ0v) is 21.7. The number of rotatable bonds is 6. The van der Waals surface area contributed by atoms with Crippen molar-refractivity contribution in [3.05, 3.63) is 103 Å². The van der Waals surface area contributed by atoms with Gasteiger partial charge in [0.1, 0.15) is 5.75 Å². The summed E-state index contributed by atoms with van der Waals surface area (Å²) in [5.41, 5.74) is 1.69. The van der Waals surface area contributed by atoms with Crippen molar-refractivity contribution in [1.82, 2.24) is 0 Å². The van der Waals surface area contributed by atoms with Gasteiger partial charge in [0.25, 0.3) is 0 Å². The van der Waals surface area contributed by atoms with Gasteiger partial charge >= 0.3 is 5.97 Å². The van der Waals surface area contributed by atoms with Crippen LogP contribution in [0.15, 0.2) is 105 Å². The third-order valence-electron chi connectivity index (χ3n) is 4.28. The molecule has 0 fully saturated rings. The van der Waals surface area contributed by atoms with Gasteiger partial charge in [-0.1, -0.05) is 42.5 Å². The Labute approximate surface area is 214 Å². The van der Waals surface area contributed by atoms with Gasteiger partial charge in [0.15, 0.2) is 5.76 Å². The zero-order valence-electron chi connectivity index (χ0n) is 17.9. The number of nitrogens with zero attached hydrogens (tertiary/aromatic N) is 1. The first-order valence-corrected chi connectivity index (χ1v) is 10.1. The number of Topliss-reactive ketones (excluding diaryl/α,β-unsaturated/α-hetero) is 1. The first-order valence-electron chi connectivity index (χ1n) is 9.71. The number of phenols is 1. The molecule has 4 rings (SSSR count). The molecular formula is C25H19N2O5SZn-. The van der Waals surface area contributed by atoms with Crippen LogP contribution in [-0.4, -0.2) is 28.2 Å². The first kappa shape index (κ1) is 26.4. The Balaban J connectivity index is 0.000000234. The molecule has 3 N–H and O–H groups in total. The van der Waals surface area contributed by atoms with Crippen LogP contribution in [0, 0.1) is 0 Å². The Morgan fingerprint density at radius 1 is 0.882 bits per heavy atom. The minimum Gasteiger partial charge on any atom is -0.778 e. The van der Waals surface area contributed by atoms with Crippen LogP contribution in [0.3, 0.4) is 0 Å². The van der Waals surface area contributed by atoms with E-state index >= 15 is 0 Å². The number of phenolic OH excluding ortho intramolecular Hbond substituents is 1. The van der Waals surface area contributed by atoms with Crippen LogP contribution in [0.4, 0.5) is 17.1 Å². The molecule has 0 saturated carbocycles. The van der Waals surface area contributed by atoms with Crippen molar-refractivity contribution >= 4 is 47.7 Å². The summed E-state index contributed by atoms with van der Waals surface area (Å²) in [5.74, 6) is -0.940. The van der Waals surface area contributed by atoms with E-state index in [0.717, 1.165) is 0 Å². The summed E-state index contributed by atoms with van der Waals surface area (Å²) in [6.45, 7) is 0. The number of aromatic carboxylic acids is 1. The molecule has 168 valence electrons. The maximum Gasteiger partial charge on any atom is 0.337 e. The molecule has 0 unspecified atom stereocenters. The van der Waals surface area contributed by atoms with E-state index in [4.69, 9.17) is 22.2 Å². The predicted octanol–water partition coefficient (Wildman–Crippen LogP) is 5.60. The number of anilines is 2. The second-order valence-electron chi connectivity index (χ2n) is 6.56. The number of carboxylic acid groups (broad SMARTS) is 1. The summed E-state index contributed by atoms with van der Waals surface area (Å²) < 4.78 is 4.95. The summed E-state index contributed by atoms with van der Waals surface area (Å²) in [7, 11) is 0. The van der Waals surface area contributed by atoms with E-state index in [-0.39, 0.29) is 42.3 Å². The molecule has 0 aliphatic heterocycles. The number of para-hydroxylation sites is 4. The summed E-state index contributed by atoms with van der Waals surface area (Å²) >= 11 is 5.06. The molecule has 0 bridgehead atoms. The minimum atomic E-state index is -1.01. The maximum atomic E-state index is 11.5. The summed E-state index contributed by atoms with van der Waals surface area (Å²) in [6, 6.07) is 23.6. The number of benzene rings is 3. The van der Waals surface area contributed by atoms with E-state index in [0.29, 0.717) is 22.0 Å². The fourth-order valence-electron chi connectivity index (χ4n) is 2.68. The molecule has 0 saturated heterocycles. The summed E-state index contributed by atoms with van der Waals surface area (Å²) in [5, 5.41) is 21.5. The van der Waals surface area contributed by atoms with Crippen LogP contribution in [0.25, 0.3) is 0 Å². The van der Waals surface area contributed by atoms with E-state index < -0.39 is 5.97 Å². The van der Waals surface area contributed by atoms with Crippen LogP contribution in [0.5, 0.6) is 5.75 Å². The number of carbonyl (C=O) groups excluding carboxylic acids is 1. The van der Waals surface area contributed by atoms with Gasteiger partial charge in [0, 0.05) is 25.2 Å². The second kappa shape index (κ2) is 13.0. The van der Waals surface area contributed by atoms with Gasteiger partial charge in [-0.05, 0) is 42.5 Å². The molecule has 34 heavy (non-hydrogen) atoms. The molecule has 0 atom stereocenters. The van der Waals surface area contributed by atoms with Crippen molar-refractivity contribution in [2.24, 2.45) is 4.99 Å². The van der Waals surface area contributed by atoms with Crippen LogP contribution in [0.2, 0.25) is 0 Å². The molecule has 0 aliphatic rings. The fourth-order valence-corrected chi connectivity index (χ4v) is 2.88. The van der Waals surface area contributed by atoms with Gasteiger partial charge in [-0.25, -0.2) is 4.79 Å². The normalized spacial score (nSPS) is 10.0. The first-order chi connectivity index (χ1) is 16.0. The Hall–Kier alpha value is -3.81. The van der Waals surface area contributed by atoms with Gasteiger partial charge in [-0.2, -0.15) is 0 Å². The molecule has 1 aromatic heterocycles. The van der Waals surface area contributed by atoms with Gasteiger partial charge in [0.05, 0.1) is 29.4 Å². The number of carboxylic acids is 1.